The summed E-state index contributed by atoms with van der Waals surface area (Å²) in [6.07, 6.45) is -1.04. The monoisotopic (exact) mass is 514 g/mol. The minimum atomic E-state index is -4.57. The zero-order valence-electron chi connectivity index (χ0n) is 18.1. The number of rotatable bonds is 5. The molecule has 1 aliphatic heterocycles. The summed E-state index contributed by atoms with van der Waals surface area (Å²) >= 11 is 1.08. The smallest absolute Gasteiger partial charge is 0.325 e. The third kappa shape index (κ3) is 4.72. The minimum Gasteiger partial charge on any atom is -0.325 e. The van der Waals surface area contributed by atoms with Crippen LogP contribution in [0.25, 0.3) is 10.2 Å². The number of nitrogens with one attached hydrogen (secondary N) is 1. The number of anilines is 1. The zero-order valence-corrected chi connectivity index (χ0v) is 19.7. The molecule has 1 amide bonds. The Kier molecular flexibility index (Phi) is 6.53. The van der Waals surface area contributed by atoms with E-state index in [9.17, 15) is 31.2 Å². The predicted molar refractivity (Wildman–Crippen MR) is 121 cm³/mol. The number of alkyl halides is 3. The van der Waals surface area contributed by atoms with Gasteiger partial charge in [0.1, 0.15) is 16.3 Å². The number of fused-ring (bicyclic) bond motifs is 1. The molecule has 0 saturated carbocycles. The average Bonchev–Trinajstić information content (AvgIpc) is 3.13. The van der Waals surface area contributed by atoms with Crippen LogP contribution in [0.15, 0.2) is 40.3 Å². The molecular weight excluding hydrogens is 493 g/mol. The number of halogens is 3. The van der Waals surface area contributed by atoms with Gasteiger partial charge >= 0.3 is 6.18 Å². The Morgan fingerprint density at radius 2 is 1.91 bits per heavy atom. The summed E-state index contributed by atoms with van der Waals surface area (Å²) in [7, 11) is -3.93. The number of benzene rings is 1. The Morgan fingerprint density at radius 3 is 2.59 bits per heavy atom. The zero-order chi connectivity index (χ0) is 24.7. The normalized spacial score (nSPS) is 15.5. The number of carbonyl (C=O) groups is 1. The van der Waals surface area contributed by atoms with Gasteiger partial charge in [0, 0.05) is 23.7 Å². The van der Waals surface area contributed by atoms with E-state index in [-0.39, 0.29) is 20.8 Å². The first-order valence-electron chi connectivity index (χ1n) is 10.4. The van der Waals surface area contributed by atoms with Crippen molar-refractivity contribution in [1.29, 1.82) is 0 Å². The largest absolute Gasteiger partial charge is 0.416 e. The summed E-state index contributed by atoms with van der Waals surface area (Å²) in [6, 6.07) is 4.11. The van der Waals surface area contributed by atoms with Gasteiger partial charge in [0.2, 0.25) is 15.9 Å². The molecule has 8 nitrogen and oxygen atoms in total. The highest BCUT2D eigenvalue weighted by Gasteiger charge is 2.33. The molecule has 3 aromatic rings. The maximum absolute atomic E-state index is 13.3. The third-order valence-electron chi connectivity index (χ3n) is 5.50. The minimum absolute atomic E-state index is 0.0811. The van der Waals surface area contributed by atoms with Crippen molar-refractivity contribution in [2.75, 3.05) is 18.4 Å². The van der Waals surface area contributed by atoms with Gasteiger partial charge in [-0.1, -0.05) is 12.5 Å². The maximum Gasteiger partial charge on any atom is 0.416 e. The van der Waals surface area contributed by atoms with Gasteiger partial charge in [-0.3, -0.25) is 14.2 Å². The van der Waals surface area contributed by atoms with E-state index in [2.05, 4.69) is 10.3 Å². The molecule has 1 fully saturated rings. The lowest BCUT2D eigenvalue weighted by atomic mass is 10.2. The first kappa shape index (κ1) is 24.4. The molecule has 1 N–H and O–H groups in total. The Labute approximate surface area is 197 Å². The van der Waals surface area contributed by atoms with Crippen LogP contribution in [0.5, 0.6) is 0 Å². The van der Waals surface area contributed by atoms with Crippen LogP contribution >= 0.6 is 11.3 Å². The summed E-state index contributed by atoms with van der Waals surface area (Å²) in [5.74, 6) is -0.755. The van der Waals surface area contributed by atoms with Crippen molar-refractivity contribution in [2.45, 2.75) is 43.8 Å². The Hall–Kier alpha value is -2.77. The van der Waals surface area contributed by atoms with Crippen molar-refractivity contribution < 1.29 is 26.4 Å². The van der Waals surface area contributed by atoms with Crippen LogP contribution in [0, 0.1) is 6.92 Å². The molecule has 0 aliphatic carbocycles. The van der Waals surface area contributed by atoms with Gasteiger partial charge in [0.15, 0.2) is 0 Å². The van der Waals surface area contributed by atoms with Crippen molar-refractivity contribution >= 4 is 43.2 Å². The molecule has 0 radical (unpaired) electrons. The molecule has 0 spiro atoms. The van der Waals surface area contributed by atoms with E-state index in [1.54, 1.807) is 6.92 Å². The molecule has 1 aromatic carbocycles. The van der Waals surface area contributed by atoms with E-state index in [1.165, 1.54) is 10.4 Å². The maximum atomic E-state index is 13.3. The lowest BCUT2D eigenvalue weighted by Crippen LogP contribution is -2.36. The summed E-state index contributed by atoms with van der Waals surface area (Å²) in [5, 5.41) is 2.25. The van der Waals surface area contributed by atoms with E-state index >= 15 is 0 Å². The fourth-order valence-electron chi connectivity index (χ4n) is 3.90. The molecule has 13 heteroatoms. The van der Waals surface area contributed by atoms with Crippen LogP contribution in [-0.2, 0) is 27.5 Å². The predicted octanol–water partition coefficient (Wildman–Crippen LogP) is 3.60. The van der Waals surface area contributed by atoms with Gasteiger partial charge in [0.25, 0.3) is 5.56 Å². The van der Waals surface area contributed by atoms with Crippen molar-refractivity contribution in [3.8, 4) is 0 Å². The highest BCUT2D eigenvalue weighted by Crippen LogP contribution is 2.34. The van der Waals surface area contributed by atoms with Crippen molar-refractivity contribution in [2.24, 2.45) is 0 Å². The summed E-state index contributed by atoms with van der Waals surface area (Å²) in [4.78, 5) is 30.4. The van der Waals surface area contributed by atoms with Gasteiger partial charge in [-0.15, -0.1) is 11.3 Å². The van der Waals surface area contributed by atoms with Crippen molar-refractivity contribution in [3.63, 3.8) is 0 Å². The average molecular weight is 515 g/mol. The summed E-state index contributed by atoms with van der Waals surface area (Å²) < 4.78 is 67.6. The van der Waals surface area contributed by atoms with Crippen LogP contribution < -0.4 is 10.9 Å². The van der Waals surface area contributed by atoms with Crippen LogP contribution in [0.3, 0.4) is 0 Å². The molecule has 3 heterocycles. The number of sulfonamides is 1. The second-order valence-corrected chi connectivity index (χ2v) is 11.0. The van der Waals surface area contributed by atoms with Gasteiger partial charge in [-0.2, -0.15) is 17.5 Å². The van der Waals surface area contributed by atoms with Crippen LogP contribution in [-0.4, -0.2) is 41.3 Å². The quantitative estimate of drug-likeness (QED) is 0.561. The van der Waals surface area contributed by atoms with Crippen LogP contribution in [0.4, 0.5) is 18.9 Å². The number of aryl methyl sites for hydroxylation is 1. The van der Waals surface area contributed by atoms with Crippen LogP contribution in [0.2, 0.25) is 0 Å². The number of aromatic nitrogens is 2. The molecule has 34 heavy (non-hydrogen) atoms. The second-order valence-electron chi connectivity index (χ2n) is 7.94. The van der Waals surface area contributed by atoms with E-state index in [0.29, 0.717) is 18.0 Å². The van der Waals surface area contributed by atoms with E-state index in [0.717, 1.165) is 59.7 Å². The lowest BCUT2D eigenvalue weighted by molar-refractivity contribution is -0.137. The highest BCUT2D eigenvalue weighted by molar-refractivity contribution is 7.89. The molecule has 4 rings (SSSR count). The number of hydrogen-bond acceptors (Lipinski definition) is 6. The highest BCUT2D eigenvalue weighted by atomic mass is 32.2. The first-order chi connectivity index (χ1) is 16.0. The number of carbonyl (C=O) groups excluding carboxylic acids is 1. The number of thiophene rings is 1. The molecule has 2 aromatic heterocycles. The summed E-state index contributed by atoms with van der Waals surface area (Å²) in [6.45, 7) is 1.79. The van der Waals surface area contributed by atoms with E-state index in [1.807, 2.05) is 0 Å². The first-order valence-corrected chi connectivity index (χ1v) is 12.7. The second kappa shape index (κ2) is 9.12. The van der Waals surface area contributed by atoms with Gasteiger partial charge in [0.05, 0.1) is 17.3 Å². The fraction of sp³-hybridized carbons (Fsp3) is 0.381. The molecule has 0 atom stereocenters. The Morgan fingerprint density at radius 1 is 1.21 bits per heavy atom. The number of nitrogens with zero attached hydrogens (tertiary/aromatic N) is 3. The van der Waals surface area contributed by atoms with Crippen molar-refractivity contribution in [3.05, 3.63) is 51.4 Å². The Bertz CT molecular complexity index is 1410. The lowest BCUT2D eigenvalue weighted by Gasteiger charge is -2.25. The molecular formula is C21H21F3N4O4S2. The number of piperidine rings is 1. The third-order valence-corrected chi connectivity index (χ3v) is 8.71. The molecule has 1 aliphatic rings. The molecule has 182 valence electrons. The standard InChI is InChI=1S/C21H21F3N4O4S2/c1-13-18(34(31,32)28-8-3-2-4-9-28)17-19(33-13)25-12-27(20(17)30)11-16(29)26-15-7-5-6-14(10-15)21(22,23)24/h5-7,10,12H,2-4,8-9,11H2,1H3,(H,26,29). The molecule has 1 saturated heterocycles. The van der Waals surface area contributed by atoms with Gasteiger partial charge < -0.3 is 5.32 Å². The molecule has 0 unspecified atom stereocenters. The van der Waals surface area contributed by atoms with Crippen LogP contribution in [0.1, 0.15) is 29.7 Å². The number of amides is 1. The number of hydrogen-bond donors (Lipinski definition) is 1. The van der Waals surface area contributed by atoms with Crippen molar-refractivity contribution in [1.82, 2.24) is 13.9 Å². The fourth-order valence-corrected chi connectivity index (χ4v) is 7.08. The van der Waals surface area contributed by atoms with E-state index < -0.39 is 39.8 Å². The van der Waals surface area contributed by atoms with Gasteiger partial charge in [-0.25, -0.2) is 13.4 Å². The van der Waals surface area contributed by atoms with E-state index in [4.69, 9.17) is 0 Å². The topological polar surface area (TPSA) is 101 Å². The summed E-state index contributed by atoms with van der Waals surface area (Å²) in [5.41, 5.74) is -1.71. The SMILES string of the molecule is Cc1sc2ncn(CC(=O)Nc3cccc(C(F)(F)F)c3)c(=O)c2c1S(=O)(=O)N1CCCCC1. The molecule has 0 bridgehead atoms. The van der Waals surface area contributed by atoms with Gasteiger partial charge in [-0.05, 0) is 38.0 Å². The Balaban J connectivity index is 1.65.